The Balaban J connectivity index is 1.74. The number of sulfone groups is 1. The van der Waals surface area contributed by atoms with Crippen LogP contribution >= 0.6 is 11.6 Å². The number of ether oxygens (including phenoxy) is 2. The molecule has 0 heterocycles. The van der Waals surface area contributed by atoms with Gasteiger partial charge in [-0.2, -0.15) is 0 Å². The Morgan fingerprint density at radius 3 is 2.09 bits per heavy atom. The molecule has 0 aromatic heterocycles. The van der Waals surface area contributed by atoms with Crippen LogP contribution in [-0.2, 0) is 30.5 Å². The second kappa shape index (κ2) is 15.6. The van der Waals surface area contributed by atoms with Crippen molar-refractivity contribution in [2.45, 2.75) is 68.6 Å². The average molecular weight is 673 g/mol. The first-order valence-corrected chi connectivity index (χ1v) is 16.7. The first-order valence-electron chi connectivity index (χ1n) is 14.8. The van der Waals surface area contributed by atoms with Crippen molar-refractivity contribution in [1.29, 1.82) is 0 Å². The molecule has 1 N–H and O–H groups in total. The molecule has 0 aliphatic rings. The Labute approximate surface area is 275 Å². The van der Waals surface area contributed by atoms with E-state index in [9.17, 15) is 27.9 Å². The number of esters is 1. The number of likely N-dealkylation sites (N-methyl/N-ethyl adjacent to an activating group) is 1. The van der Waals surface area contributed by atoms with Crippen molar-refractivity contribution in [3.05, 3.63) is 94.5 Å². The number of rotatable bonds is 12. The lowest BCUT2D eigenvalue weighted by Gasteiger charge is -2.33. The van der Waals surface area contributed by atoms with Crippen molar-refractivity contribution in [3.63, 3.8) is 0 Å². The van der Waals surface area contributed by atoms with Crippen LogP contribution in [0.25, 0.3) is 0 Å². The van der Waals surface area contributed by atoms with Crippen molar-refractivity contribution in [2.24, 2.45) is 0 Å². The van der Waals surface area contributed by atoms with Gasteiger partial charge >= 0.3 is 12.1 Å². The Kier molecular flexibility index (Phi) is 12.4. The van der Waals surface area contributed by atoms with Crippen molar-refractivity contribution < 1.29 is 37.4 Å². The second-order valence-corrected chi connectivity index (χ2v) is 14.3. The Hall–Kier alpha value is -3.93. The monoisotopic (exact) mass is 672 g/mol. The summed E-state index contributed by atoms with van der Waals surface area (Å²) in [5.41, 5.74) is 0.799. The van der Waals surface area contributed by atoms with Crippen LogP contribution in [0.3, 0.4) is 0 Å². The molecule has 0 aliphatic heterocycles. The SMILES string of the molecule is CCOC(=O)CN(C)C(=O)c1ccc(S(=O)(=O)c2ccc(CC(C)N(CC(O)c3cccc(Cl)c3)C(=O)OC(C)(C)C)cc2)cc1. The minimum atomic E-state index is -3.90. The fourth-order valence-corrected chi connectivity index (χ4v) is 6.08. The van der Waals surface area contributed by atoms with E-state index in [4.69, 9.17) is 21.1 Å². The number of amides is 2. The van der Waals surface area contributed by atoms with E-state index in [2.05, 4.69) is 0 Å². The normalized spacial score (nSPS) is 13.0. The van der Waals surface area contributed by atoms with E-state index in [1.165, 1.54) is 53.2 Å². The summed E-state index contributed by atoms with van der Waals surface area (Å²) < 4.78 is 37.2. The molecule has 2 atom stereocenters. The first-order chi connectivity index (χ1) is 21.5. The molecule has 0 bridgehead atoms. The quantitative estimate of drug-likeness (QED) is 0.242. The number of nitrogens with zero attached hydrogens (tertiary/aromatic N) is 2. The lowest BCUT2D eigenvalue weighted by molar-refractivity contribution is -0.143. The van der Waals surface area contributed by atoms with E-state index < -0.39 is 45.6 Å². The van der Waals surface area contributed by atoms with Crippen LogP contribution in [0.15, 0.2) is 82.6 Å². The van der Waals surface area contributed by atoms with Crippen molar-refractivity contribution in [1.82, 2.24) is 9.80 Å². The minimum absolute atomic E-state index is 0.00400. The fraction of sp³-hybridized carbons (Fsp3) is 0.382. The maximum Gasteiger partial charge on any atom is 0.410 e. The Bertz CT molecular complexity index is 1620. The molecule has 3 aromatic rings. The third-order valence-electron chi connectivity index (χ3n) is 6.96. The van der Waals surface area contributed by atoms with Crippen LogP contribution in [0.1, 0.15) is 62.2 Å². The number of halogens is 1. The highest BCUT2D eigenvalue weighted by Gasteiger charge is 2.29. The van der Waals surface area contributed by atoms with Crippen molar-refractivity contribution >= 4 is 39.4 Å². The highest BCUT2D eigenvalue weighted by Crippen LogP contribution is 2.25. The van der Waals surface area contributed by atoms with Crippen molar-refractivity contribution in [2.75, 3.05) is 26.7 Å². The Morgan fingerprint density at radius 2 is 1.54 bits per heavy atom. The molecule has 0 saturated heterocycles. The lowest BCUT2D eigenvalue weighted by Crippen LogP contribution is -2.45. The number of carbonyl (C=O) groups excluding carboxylic acids is 3. The molecule has 2 amide bonds. The van der Waals surface area contributed by atoms with Crippen LogP contribution in [0.2, 0.25) is 5.02 Å². The van der Waals surface area contributed by atoms with Gasteiger partial charge in [-0.25, -0.2) is 13.2 Å². The summed E-state index contributed by atoms with van der Waals surface area (Å²) in [5, 5.41) is 11.4. The molecule has 0 saturated carbocycles. The molecule has 0 spiro atoms. The van der Waals surface area contributed by atoms with Gasteiger partial charge in [0.15, 0.2) is 0 Å². The number of aliphatic hydroxyl groups is 1. The van der Waals surface area contributed by atoms with E-state index >= 15 is 0 Å². The number of carbonyl (C=O) groups is 3. The topological polar surface area (TPSA) is 131 Å². The van der Waals surface area contributed by atoms with Crippen molar-refractivity contribution in [3.8, 4) is 0 Å². The largest absolute Gasteiger partial charge is 0.465 e. The molecule has 46 heavy (non-hydrogen) atoms. The van der Waals surface area contributed by atoms with Gasteiger partial charge in [-0.1, -0.05) is 35.9 Å². The molecule has 0 radical (unpaired) electrons. The van der Waals surface area contributed by atoms with Gasteiger partial charge in [-0.15, -0.1) is 0 Å². The summed E-state index contributed by atoms with van der Waals surface area (Å²) in [6.07, 6.45) is -1.24. The zero-order valence-corrected chi connectivity index (χ0v) is 28.5. The summed E-state index contributed by atoms with van der Waals surface area (Å²) in [5.74, 6) is -0.987. The van der Waals surface area contributed by atoms with E-state index in [0.717, 1.165) is 5.56 Å². The van der Waals surface area contributed by atoms with Gasteiger partial charge in [-0.3, -0.25) is 9.59 Å². The molecular formula is C34H41ClN2O8S. The second-order valence-electron chi connectivity index (χ2n) is 11.9. The van der Waals surface area contributed by atoms with Gasteiger partial charge in [0, 0.05) is 23.7 Å². The predicted octanol–water partition coefficient (Wildman–Crippen LogP) is 5.71. The minimum Gasteiger partial charge on any atom is -0.465 e. The third-order valence-corrected chi connectivity index (χ3v) is 8.98. The summed E-state index contributed by atoms with van der Waals surface area (Å²) in [4.78, 5) is 40.3. The molecule has 0 fully saturated rings. The van der Waals surface area contributed by atoms with Crippen LogP contribution in [0.4, 0.5) is 4.79 Å². The molecule has 3 aromatic carbocycles. The number of hydrogen-bond donors (Lipinski definition) is 1. The molecule has 12 heteroatoms. The van der Waals surface area contributed by atoms with E-state index in [1.54, 1.807) is 64.1 Å². The van der Waals surface area contributed by atoms with Crippen LogP contribution < -0.4 is 0 Å². The predicted molar refractivity (Wildman–Crippen MR) is 174 cm³/mol. The number of aliphatic hydroxyl groups excluding tert-OH is 1. The lowest BCUT2D eigenvalue weighted by atomic mass is 10.0. The third kappa shape index (κ3) is 10.0. The molecule has 3 rings (SSSR count). The highest BCUT2D eigenvalue weighted by atomic mass is 35.5. The Morgan fingerprint density at radius 1 is 0.957 bits per heavy atom. The van der Waals surface area contributed by atoms with E-state index in [-0.39, 0.29) is 35.1 Å². The van der Waals surface area contributed by atoms with Gasteiger partial charge in [0.05, 0.1) is 29.0 Å². The van der Waals surface area contributed by atoms with E-state index in [1.807, 2.05) is 6.92 Å². The van der Waals surface area contributed by atoms with Gasteiger partial charge in [0.2, 0.25) is 9.84 Å². The van der Waals surface area contributed by atoms with Gasteiger partial charge < -0.3 is 24.4 Å². The fourth-order valence-electron chi connectivity index (χ4n) is 4.62. The van der Waals surface area contributed by atoms with Gasteiger partial charge in [0.1, 0.15) is 12.1 Å². The zero-order valence-electron chi connectivity index (χ0n) is 26.9. The summed E-state index contributed by atoms with van der Waals surface area (Å²) >= 11 is 6.09. The smallest absolute Gasteiger partial charge is 0.410 e. The number of benzene rings is 3. The summed E-state index contributed by atoms with van der Waals surface area (Å²) in [6.45, 7) is 8.71. The standard InChI is InChI=1S/C34H41ClN2O8S/c1-7-44-31(39)22-36(6)32(40)25-13-17-29(18-14-25)46(42,43)28-15-11-24(12-16-28)19-23(2)37(33(41)45-34(3,4)5)21-30(38)26-9-8-10-27(35)20-26/h8-18,20,23,30,38H,7,19,21-22H2,1-6H3. The summed E-state index contributed by atoms with van der Waals surface area (Å²) in [7, 11) is -2.44. The molecular weight excluding hydrogens is 632 g/mol. The molecule has 10 nitrogen and oxygen atoms in total. The maximum absolute atomic E-state index is 13.3. The number of hydrogen-bond acceptors (Lipinski definition) is 8. The van der Waals surface area contributed by atoms with Crippen LogP contribution in [0, 0.1) is 0 Å². The van der Waals surface area contributed by atoms with Crippen LogP contribution in [-0.4, -0.2) is 79.7 Å². The average Bonchev–Trinajstić information content (AvgIpc) is 2.98. The maximum atomic E-state index is 13.3. The molecule has 2 unspecified atom stereocenters. The zero-order chi connectivity index (χ0) is 34.2. The van der Waals surface area contributed by atoms with Crippen LogP contribution in [0.5, 0.6) is 0 Å². The highest BCUT2D eigenvalue weighted by molar-refractivity contribution is 7.91. The molecule has 248 valence electrons. The first kappa shape index (κ1) is 36.5. The molecule has 0 aliphatic carbocycles. The summed E-state index contributed by atoms with van der Waals surface area (Å²) in [6, 6.07) is 18.2. The van der Waals surface area contributed by atoms with E-state index in [0.29, 0.717) is 17.0 Å². The van der Waals surface area contributed by atoms with Gasteiger partial charge in [-0.05, 0) is 101 Å². The van der Waals surface area contributed by atoms with Gasteiger partial charge in [0.25, 0.3) is 5.91 Å².